The van der Waals surface area contributed by atoms with Crippen molar-refractivity contribution in [2.24, 2.45) is 0 Å². The molecule has 0 saturated carbocycles. The zero-order valence-corrected chi connectivity index (χ0v) is 11.7. The molecule has 1 N–H and O–H groups in total. The van der Waals surface area contributed by atoms with Gasteiger partial charge in [0.1, 0.15) is 12.4 Å². The van der Waals surface area contributed by atoms with Crippen molar-refractivity contribution < 1.29 is 9.84 Å². The number of hydrogen-bond acceptors (Lipinski definition) is 3. The topological polar surface area (TPSA) is 29.5 Å². The van der Waals surface area contributed by atoms with Gasteiger partial charge < -0.3 is 9.84 Å². The summed E-state index contributed by atoms with van der Waals surface area (Å²) in [6.07, 6.45) is 1.04. The molecule has 0 spiro atoms. The first-order valence-electron chi connectivity index (χ1n) is 5.83. The number of thiophene rings is 1. The second-order valence-electron chi connectivity index (χ2n) is 3.90. The van der Waals surface area contributed by atoms with E-state index in [0.29, 0.717) is 17.4 Å². The van der Waals surface area contributed by atoms with Gasteiger partial charge >= 0.3 is 0 Å². The minimum atomic E-state index is -0.0689. The number of rotatable bonds is 5. The van der Waals surface area contributed by atoms with Gasteiger partial charge in [0.25, 0.3) is 0 Å². The van der Waals surface area contributed by atoms with Gasteiger partial charge in [0.2, 0.25) is 0 Å². The van der Waals surface area contributed by atoms with Crippen molar-refractivity contribution in [1.82, 2.24) is 0 Å². The van der Waals surface area contributed by atoms with E-state index in [9.17, 15) is 5.11 Å². The van der Waals surface area contributed by atoms with Gasteiger partial charge in [0.15, 0.2) is 0 Å². The molecule has 0 atom stereocenters. The second kappa shape index (κ2) is 6.23. The maximum absolute atomic E-state index is 9.25. The van der Waals surface area contributed by atoms with Gasteiger partial charge in [-0.05, 0) is 24.6 Å². The molecule has 0 bridgehead atoms. The molecule has 1 heterocycles. The van der Waals surface area contributed by atoms with Gasteiger partial charge in [-0.15, -0.1) is 11.3 Å². The number of para-hydroxylation sites is 1. The molecule has 2 aromatic rings. The molecule has 0 radical (unpaired) electrons. The maximum atomic E-state index is 9.25. The molecule has 0 aliphatic heterocycles. The molecule has 96 valence electrons. The van der Waals surface area contributed by atoms with Gasteiger partial charge in [-0.3, -0.25) is 0 Å². The van der Waals surface area contributed by atoms with E-state index >= 15 is 0 Å². The lowest BCUT2D eigenvalue weighted by Crippen LogP contribution is -1.98. The highest BCUT2D eigenvalue weighted by molar-refractivity contribution is 7.11. The minimum absolute atomic E-state index is 0.0689. The van der Waals surface area contributed by atoms with E-state index in [0.717, 1.165) is 16.9 Å². The van der Waals surface area contributed by atoms with Gasteiger partial charge in [-0.1, -0.05) is 30.7 Å². The summed E-state index contributed by atoms with van der Waals surface area (Å²) in [5.41, 5.74) is 0.717. The third-order valence-electron chi connectivity index (χ3n) is 2.64. The van der Waals surface area contributed by atoms with E-state index in [2.05, 4.69) is 19.1 Å². The lowest BCUT2D eigenvalue weighted by Gasteiger charge is -2.10. The summed E-state index contributed by atoms with van der Waals surface area (Å²) in [6.45, 7) is 2.55. The number of ether oxygens (including phenoxy) is 1. The highest BCUT2D eigenvalue weighted by atomic mass is 35.5. The van der Waals surface area contributed by atoms with Crippen LogP contribution < -0.4 is 4.74 Å². The maximum Gasteiger partial charge on any atom is 0.143 e. The molecule has 1 aromatic heterocycles. The Morgan fingerprint density at radius 1 is 1.22 bits per heavy atom. The molecule has 0 aliphatic carbocycles. The van der Waals surface area contributed by atoms with Crippen molar-refractivity contribution in [2.45, 2.75) is 26.6 Å². The summed E-state index contributed by atoms with van der Waals surface area (Å²) in [6, 6.07) is 9.57. The van der Waals surface area contributed by atoms with Crippen LogP contribution in [0.5, 0.6) is 5.75 Å². The monoisotopic (exact) mass is 282 g/mol. The minimum Gasteiger partial charge on any atom is -0.486 e. The van der Waals surface area contributed by atoms with E-state index in [-0.39, 0.29) is 6.61 Å². The Bertz CT molecular complexity index is 522. The summed E-state index contributed by atoms with van der Waals surface area (Å²) in [7, 11) is 0. The van der Waals surface area contributed by atoms with Crippen LogP contribution in [-0.2, 0) is 19.6 Å². The molecular formula is C14H15ClO2S. The Balaban J connectivity index is 2.10. The Hall–Kier alpha value is -1.03. The summed E-state index contributed by atoms with van der Waals surface area (Å²) in [5.74, 6) is 0.577. The van der Waals surface area contributed by atoms with Gasteiger partial charge in [0.05, 0.1) is 11.6 Å². The second-order valence-corrected chi connectivity index (χ2v) is 5.56. The van der Waals surface area contributed by atoms with E-state index in [1.807, 2.05) is 6.07 Å². The molecule has 0 amide bonds. The average Bonchev–Trinajstić information content (AvgIpc) is 2.85. The smallest absolute Gasteiger partial charge is 0.143 e. The lowest BCUT2D eigenvalue weighted by atomic mass is 10.2. The van der Waals surface area contributed by atoms with E-state index in [1.54, 1.807) is 23.5 Å². The summed E-state index contributed by atoms with van der Waals surface area (Å²) >= 11 is 7.82. The molecule has 1 aromatic carbocycles. The first-order valence-corrected chi connectivity index (χ1v) is 7.02. The predicted octanol–water partition coefficient (Wildman–Crippen LogP) is 4.04. The summed E-state index contributed by atoms with van der Waals surface area (Å²) < 4.78 is 5.72. The number of halogens is 1. The van der Waals surface area contributed by atoms with Gasteiger partial charge in [-0.2, -0.15) is 0 Å². The molecule has 0 saturated heterocycles. The molecule has 0 aliphatic rings. The summed E-state index contributed by atoms with van der Waals surface area (Å²) in [5, 5.41) is 9.78. The Labute approximate surface area is 116 Å². The van der Waals surface area contributed by atoms with Crippen molar-refractivity contribution in [3.05, 3.63) is 50.7 Å². The number of aryl methyl sites for hydroxylation is 1. The Kier molecular flexibility index (Phi) is 4.64. The zero-order valence-electron chi connectivity index (χ0n) is 10.1. The largest absolute Gasteiger partial charge is 0.486 e. The van der Waals surface area contributed by atoms with E-state index in [4.69, 9.17) is 16.3 Å². The standard InChI is InChI=1S/C14H15ClO2S/c1-2-11-6-7-12(18-11)9-17-14-10(8-16)4-3-5-13(14)15/h3-7,16H,2,8-9H2,1H3. The fourth-order valence-corrected chi connectivity index (χ4v) is 2.79. The van der Waals surface area contributed by atoms with Gasteiger partial charge in [0, 0.05) is 15.3 Å². The van der Waals surface area contributed by atoms with Crippen LogP contribution in [0.2, 0.25) is 5.02 Å². The van der Waals surface area contributed by atoms with Crippen LogP contribution >= 0.6 is 22.9 Å². The molecule has 0 fully saturated rings. The average molecular weight is 283 g/mol. The zero-order chi connectivity index (χ0) is 13.0. The molecule has 2 nitrogen and oxygen atoms in total. The first kappa shape index (κ1) is 13.4. The molecule has 4 heteroatoms. The molecule has 2 rings (SSSR count). The van der Waals surface area contributed by atoms with Gasteiger partial charge in [-0.25, -0.2) is 0 Å². The normalized spacial score (nSPS) is 10.6. The fraction of sp³-hybridized carbons (Fsp3) is 0.286. The van der Waals surface area contributed by atoms with Crippen molar-refractivity contribution >= 4 is 22.9 Å². The Morgan fingerprint density at radius 3 is 2.67 bits per heavy atom. The fourth-order valence-electron chi connectivity index (χ4n) is 1.67. The Morgan fingerprint density at radius 2 is 2.00 bits per heavy atom. The lowest BCUT2D eigenvalue weighted by molar-refractivity contribution is 0.260. The van der Waals surface area contributed by atoms with Crippen LogP contribution in [0.3, 0.4) is 0 Å². The number of aliphatic hydroxyl groups excluding tert-OH is 1. The first-order chi connectivity index (χ1) is 8.74. The van der Waals surface area contributed by atoms with E-state index < -0.39 is 0 Å². The third-order valence-corrected chi connectivity index (χ3v) is 4.14. The van der Waals surface area contributed by atoms with Crippen LogP contribution in [0.1, 0.15) is 22.2 Å². The highest BCUT2D eigenvalue weighted by Gasteiger charge is 2.08. The van der Waals surface area contributed by atoms with Crippen LogP contribution in [-0.4, -0.2) is 5.11 Å². The predicted molar refractivity (Wildman–Crippen MR) is 75.4 cm³/mol. The van der Waals surface area contributed by atoms with Crippen molar-refractivity contribution in [2.75, 3.05) is 0 Å². The van der Waals surface area contributed by atoms with Crippen molar-refractivity contribution in [3.63, 3.8) is 0 Å². The highest BCUT2D eigenvalue weighted by Crippen LogP contribution is 2.30. The summed E-state index contributed by atoms with van der Waals surface area (Å²) in [4.78, 5) is 2.51. The van der Waals surface area contributed by atoms with Crippen molar-refractivity contribution in [1.29, 1.82) is 0 Å². The molecular weight excluding hydrogens is 268 g/mol. The van der Waals surface area contributed by atoms with Crippen LogP contribution in [0.4, 0.5) is 0 Å². The van der Waals surface area contributed by atoms with Crippen LogP contribution in [0.25, 0.3) is 0 Å². The SMILES string of the molecule is CCc1ccc(COc2c(Cl)cccc2CO)s1. The van der Waals surface area contributed by atoms with E-state index in [1.165, 1.54) is 4.88 Å². The molecule has 0 unspecified atom stereocenters. The van der Waals surface area contributed by atoms with Crippen LogP contribution in [0.15, 0.2) is 30.3 Å². The number of aliphatic hydroxyl groups is 1. The number of hydrogen-bond donors (Lipinski definition) is 1. The third kappa shape index (κ3) is 3.05. The quantitative estimate of drug-likeness (QED) is 0.897. The molecule has 18 heavy (non-hydrogen) atoms. The number of benzene rings is 1. The van der Waals surface area contributed by atoms with Crippen LogP contribution in [0, 0.1) is 0 Å². The van der Waals surface area contributed by atoms with Crippen molar-refractivity contribution in [3.8, 4) is 5.75 Å².